The Hall–Kier alpha value is -3.95. The van der Waals surface area contributed by atoms with Crippen molar-refractivity contribution in [2.24, 2.45) is 0 Å². The Kier molecular flexibility index (Phi) is 7.42. The predicted octanol–water partition coefficient (Wildman–Crippen LogP) is 6.20. The van der Waals surface area contributed by atoms with Crippen LogP contribution in [0.2, 0.25) is 0 Å². The summed E-state index contributed by atoms with van der Waals surface area (Å²) in [7, 11) is 2.10. The third-order valence-electron chi connectivity index (χ3n) is 8.45. The van der Waals surface area contributed by atoms with Gasteiger partial charge < -0.3 is 28.9 Å². The Morgan fingerprint density at radius 3 is 2.35 bits per heavy atom. The van der Waals surface area contributed by atoms with Gasteiger partial charge in [-0.05, 0) is 77.8 Å². The number of carbonyl (C=O) groups is 1. The lowest BCUT2D eigenvalue weighted by atomic mass is 9.87. The summed E-state index contributed by atoms with van der Waals surface area (Å²) in [4.78, 5) is 26.8. The molecule has 9 heteroatoms. The van der Waals surface area contributed by atoms with Crippen LogP contribution in [0.3, 0.4) is 0 Å². The lowest BCUT2D eigenvalue weighted by molar-refractivity contribution is -0.160. The molecule has 0 spiro atoms. The molecular formula is C34H41N5O4. The normalized spacial score (nSPS) is 17.9. The average Bonchev–Trinajstić information content (AvgIpc) is 3.52. The van der Waals surface area contributed by atoms with Crippen LogP contribution in [0.1, 0.15) is 55.7 Å². The molecule has 1 saturated heterocycles. The minimum Gasteiger partial charge on any atom is -0.486 e. The molecule has 43 heavy (non-hydrogen) atoms. The van der Waals surface area contributed by atoms with Crippen LogP contribution in [0.25, 0.3) is 22.0 Å². The van der Waals surface area contributed by atoms with Gasteiger partial charge in [-0.1, -0.05) is 29.8 Å². The molecule has 0 aliphatic carbocycles. The largest absolute Gasteiger partial charge is 0.486 e. The molecule has 2 atom stereocenters. The molecule has 4 aromatic rings. The van der Waals surface area contributed by atoms with E-state index < -0.39 is 17.7 Å². The fourth-order valence-electron chi connectivity index (χ4n) is 6.53. The standard InChI is InChI=1S/C34H41N5O4/c1-20-8-10-23(11-9-20)28-26-16-21(2)38-14-15-39(33-35-17-25(18-36-33)42-24-12-13-37(7)19-24)29(30(26)38)22(3)27(28)31(32(40)41)43-34(4,5)6/h8-11,16-18,24,31H,12-15,19H2,1-7H3,(H,40,41)/t24-,31-/m0/s1. The number of benzene rings is 2. The summed E-state index contributed by atoms with van der Waals surface area (Å²) in [5.74, 6) is 0.192. The number of rotatable bonds is 7. The topological polar surface area (TPSA) is 93.0 Å². The number of aryl methyl sites for hydroxylation is 2. The van der Waals surface area contributed by atoms with Crippen LogP contribution < -0.4 is 9.64 Å². The van der Waals surface area contributed by atoms with Crippen LogP contribution in [-0.4, -0.2) is 68.9 Å². The highest BCUT2D eigenvalue weighted by molar-refractivity contribution is 6.08. The first-order valence-corrected chi connectivity index (χ1v) is 15.0. The summed E-state index contributed by atoms with van der Waals surface area (Å²) >= 11 is 0. The number of likely N-dealkylation sites (tertiary alicyclic amines) is 1. The highest BCUT2D eigenvalue weighted by Crippen LogP contribution is 2.49. The minimum absolute atomic E-state index is 0.134. The number of aromatic nitrogens is 3. The Bertz CT molecular complexity index is 1670. The second-order valence-corrected chi connectivity index (χ2v) is 12.9. The van der Waals surface area contributed by atoms with Crippen LogP contribution >= 0.6 is 0 Å². The molecule has 1 fully saturated rings. The van der Waals surface area contributed by atoms with Gasteiger partial charge >= 0.3 is 5.97 Å². The van der Waals surface area contributed by atoms with E-state index in [9.17, 15) is 9.90 Å². The number of anilines is 2. The van der Waals surface area contributed by atoms with E-state index in [0.29, 0.717) is 23.8 Å². The summed E-state index contributed by atoms with van der Waals surface area (Å²) in [6.07, 6.45) is 3.43. The van der Waals surface area contributed by atoms with Crippen molar-refractivity contribution in [2.45, 2.75) is 72.3 Å². The van der Waals surface area contributed by atoms with Crippen LogP contribution in [0.4, 0.5) is 11.6 Å². The number of carboxylic acid groups (broad SMARTS) is 1. The molecular weight excluding hydrogens is 542 g/mol. The molecule has 9 nitrogen and oxygen atoms in total. The Morgan fingerprint density at radius 1 is 1.05 bits per heavy atom. The van der Waals surface area contributed by atoms with Crippen LogP contribution in [0.15, 0.2) is 42.7 Å². The summed E-state index contributed by atoms with van der Waals surface area (Å²) in [6, 6.07) is 10.5. The predicted molar refractivity (Wildman–Crippen MR) is 168 cm³/mol. The van der Waals surface area contributed by atoms with Crippen molar-refractivity contribution in [3.05, 3.63) is 65.1 Å². The van der Waals surface area contributed by atoms with Crippen molar-refractivity contribution in [3.8, 4) is 16.9 Å². The average molecular weight is 584 g/mol. The highest BCUT2D eigenvalue weighted by atomic mass is 16.5. The molecule has 2 aliphatic rings. The highest BCUT2D eigenvalue weighted by Gasteiger charge is 2.36. The van der Waals surface area contributed by atoms with Crippen LogP contribution in [0, 0.1) is 20.8 Å². The van der Waals surface area contributed by atoms with E-state index in [1.54, 1.807) is 12.4 Å². The van der Waals surface area contributed by atoms with E-state index in [4.69, 9.17) is 19.4 Å². The van der Waals surface area contributed by atoms with Crippen molar-refractivity contribution in [2.75, 3.05) is 31.6 Å². The zero-order valence-electron chi connectivity index (χ0n) is 26.1. The Morgan fingerprint density at radius 2 is 1.74 bits per heavy atom. The van der Waals surface area contributed by atoms with Crippen molar-refractivity contribution in [1.82, 2.24) is 19.4 Å². The lowest BCUT2D eigenvalue weighted by Gasteiger charge is -2.35. The number of ether oxygens (including phenoxy) is 2. The van der Waals surface area contributed by atoms with Crippen LogP contribution in [0.5, 0.6) is 5.75 Å². The molecule has 0 amide bonds. The quantitative estimate of drug-likeness (QED) is 0.275. The van der Waals surface area contributed by atoms with Gasteiger partial charge in [0.05, 0.1) is 29.2 Å². The van der Waals surface area contributed by atoms with E-state index in [0.717, 1.165) is 70.6 Å². The molecule has 2 aliphatic heterocycles. The molecule has 6 rings (SSSR count). The smallest absolute Gasteiger partial charge is 0.337 e. The SMILES string of the molecule is Cc1ccc(-c2c([C@H](OC(C)(C)C)C(=O)O)c(C)c3c4c2cc(C)n4CCN3c2ncc(O[C@H]3CCN(C)C3)cn2)cc1. The van der Waals surface area contributed by atoms with Gasteiger partial charge in [0.2, 0.25) is 5.95 Å². The maximum Gasteiger partial charge on any atom is 0.337 e. The number of carboxylic acids is 1. The third kappa shape index (κ3) is 5.47. The van der Waals surface area contributed by atoms with E-state index in [1.807, 2.05) is 27.7 Å². The number of hydrogen-bond donors (Lipinski definition) is 1. The molecule has 226 valence electrons. The summed E-state index contributed by atoms with van der Waals surface area (Å²) in [5.41, 5.74) is 6.90. The van der Waals surface area contributed by atoms with Crippen molar-refractivity contribution in [3.63, 3.8) is 0 Å². The molecule has 0 radical (unpaired) electrons. The van der Waals surface area contributed by atoms with Gasteiger partial charge in [-0.25, -0.2) is 14.8 Å². The molecule has 4 heterocycles. The first kappa shape index (κ1) is 29.1. The van der Waals surface area contributed by atoms with Gasteiger partial charge in [0.1, 0.15) is 6.10 Å². The maximum absolute atomic E-state index is 13.0. The zero-order chi connectivity index (χ0) is 30.6. The summed E-state index contributed by atoms with van der Waals surface area (Å²) in [6.45, 7) is 15.1. The maximum atomic E-state index is 13.0. The van der Waals surface area contributed by atoms with Crippen molar-refractivity contribution < 1.29 is 19.4 Å². The third-order valence-corrected chi connectivity index (χ3v) is 8.45. The van der Waals surface area contributed by atoms with Crippen molar-refractivity contribution >= 4 is 28.5 Å². The minimum atomic E-state index is -1.18. The van der Waals surface area contributed by atoms with E-state index in [-0.39, 0.29) is 6.10 Å². The van der Waals surface area contributed by atoms with E-state index in [2.05, 4.69) is 65.6 Å². The second kappa shape index (κ2) is 11.0. The van der Waals surface area contributed by atoms with Gasteiger partial charge in [0, 0.05) is 42.8 Å². The summed E-state index contributed by atoms with van der Waals surface area (Å²) < 4.78 is 14.8. The number of nitrogens with zero attached hydrogens (tertiary/aromatic N) is 5. The molecule has 2 aromatic carbocycles. The number of aliphatic carboxylic acids is 1. The van der Waals surface area contributed by atoms with Gasteiger partial charge in [-0.3, -0.25) is 0 Å². The lowest BCUT2D eigenvalue weighted by Crippen LogP contribution is -2.32. The molecule has 0 unspecified atom stereocenters. The van der Waals surface area contributed by atoms with Crippen molar-refractivity contribution in [1.29, 1.82) is 0 Å². The fourth-order valence-corrected chi connectivity index (χ4v) is 6.53. The van der Waals surface area contributed by atoms with Gasteiger partial charge in [0.25, 0.3) is 0 Å². The van der Waals surface area contributed by atoms with Gasteiger partial charge in [-0.15, -0.1) is 0 Å². The molecule has 0 saturated carbocycles. The van der Waals surface area contributed by atoms with Crippen LogP contribution in [-0.2, 0) is 16.1 Å². The zero-order valence-corrected chi connectivity index (χ0v) is 26.1. The summed E-state index contributed by atoms with van der Waals surface area (Å²) in [5, 5.41) is 11.6. The first-order chi connectivity index (χ1) is 20.4. The monoisotopic (exact) mass is 583 g/mol. The van der Waals surface area contributed by atoms with Gasteiger partial charge in [-0.2, -0.15) is 0 Å². The Balaban J connectivity index is 1.54. The number of likely N-dealkylation sites (N-methyl/N-ethyl adjacent to an activating group) is 1. The second-order valence-electron chi connectivity index (χ2n) is 12.9. The molecule has 1 N–H and O–H groups in total. The molecule has 0 bridgehead atoms. The first-order valence-electron chi connectivity index (χ1n) is 15.0. The fraction of sp³-hybridized carbons (Fsp3) is 0.441. The molecule has 2 aromatic heterocycles. The Labute approximate surface area is 253 Å². The van der Waals surface area contributed by atoms with E-state index in [1.165, 1.54) is 0 Å². The van der Waals surface area contributed by atoms with E-state index >= 15 is 0 Å². The van der Waals surface area contributed by atoms with Gasteiger partial charge in [0.15, 0.2) is 11.9 Å². The number of hydrogen-bond acceptors (Lipinski definition) is 7.